The molecule has 0 N–H and O–H groups in total. The summed E-state index contributed by atoms with van der Waals surface area (Å²) in [6, 6.07) is 13.4. The van der Waals surface area contributed by atoms with Gasteiger partial charge in [0, 0.05) is 6.54 Å². The van der Waals surface area contributed by atoms with E-state index in [1.807, 2.05) is 37.3 Å². The molecule has 3 aromatic rings. The Morgan fingerprint density at radius 2 is 1.92 bits per heavy atom. The first-order chi connectivity index (χ1) is 12.1. The SMILES string of the molecule is CC1CN(c2ccc3nnc(C(F)F)n3n2)C(c2ccccc2)CO1. The van der Waals surface area contributed by atoms with Gasteiger partial charge in [0.1, 0.15) is 5.82 Å². The lowest BCUT2D eigenvalue weighted by atomic mass is 10.0. The lowest BCUT2D eigenvalue weighted by Crippen LogP contribution is -2.44. The molecule has 0 radical (unpaired) electrons. The maximum absolute atomic E-state index is 13.1. The second-order valence-corrected chi connectivity index (χ2v) is 6.04. The number of nitrogens with zero attached hydrogens (tertiary/aromatic N) is 5. The summed E-state index contributed by atoms with van der Waals surface area (Å²) < 4.78 is 33.1. The minimum atomic E-state index is -2.73. The van der Waals surface area contributed by atoms with Crippen molar-refractivity contribution in [1.82, 2.24) is 19.8 Å². The Morgan fingerprint density at radius 1 is 1.12 bits per heavy atom. The van der Waals surface area contributed by atoms with Crippen molar-refractivity contribution in [2.45, 2.75) is 25.5 Å². The summed E-state index contributed by atoms with van der Waals surface area (Å²) in [7, 11) is 0. The minimum absolute atomic E-state index is 0.0212. The van der Waals surface area contributed by atoms with E-state index in [0.717, 1.165) is 10.1 Å². The first-order valence-corrected chi connectivity index (χ1v) is 8.07. The van der Waals surface area contributed by atoms with Crippen molar-refractivity contribution in [3.8, 4) is 0 Å². The van der Waals surface area contributed by atoms with Crippen molar-refractivity contribution in [2.24, 2.45) is 0 Å². The van der Waals surface area contributed by atoms with Crippen molar-refractivity contribution < 1.29 is 13.5 Å². The van der Waals surface area contributed by atoms with E-state index in [1.54, 1.807) is 12.1 Å². The molecule has 2 unspecified atom stereocenters. The summed E-state index contributed by atoms with van der Waals surface area (Å²) in [5.74, 6) is 0.146. The van der Waals surface area contributed by atoms with Crippen molar-refractivity contribution in [3.63, 3.8) is 0 Å². The topological polar surface area (TPSA) is 55.6 Å². The van der Waals surface area contributed by atoms with Gasteiger partial charge in [-0.25, -0.2) is 8.78 Å². The van der Waals surface area contributed by atoms with Gasteiger partial charge in [0.25, 0.3) is 6.43 Å². The van der Waals surface area contributed by atoms with E-state index >= 15 is 0 Å². The number of benzene rings is 1. The molecule has 0 saturated carbocycles. The van der Waals surface area contributed by atoms with E-state index in [1.165, 1.54) is 0 Å². The molecule has 6 nitrogen and oxygen atoms in total. The number of alkyl halides is 2. The number of hydrogen-bond donors (Lipinski definition) is 0. The molecule has 1 saturated heterocycles. The van der Waals surface area contributed by atoms with Crippen LogP contribution in [0.2, 0.25) is 0 Å². The van der Waals surface area contributed by atoms with Crippen LogP contribution < -0.4 is 4.90 Å². The fourth-order valence-corrected chi connectivity index (χ4v) is 3.09. The Balaban J connectivity index is 1.76. The van der Waals surface area contributed by atoms with E-state index in [-0.39, 0.29) is 12.1 Å². The van der Waals surface area contributed by atoms with Crippen LogP contribution in [0.25, 0.3) is 5.65 Å². The van der Waals surface area contributed by atoms with E-state index < -0.39 is 12.2 Å². The Kier molecular flexibility index (Phi) is 4.04. The molecule has 8 heteroatoms. The van der Waals surface area contributed by atoms with Gasteiger partial charge in [-0.1, -0.05) is 30.3 Å². The van der Waals surface area contributed by atoms with Crippen LogP contribution in [0.15, 0.2) is 42.5 Å². The van der Waals surface area contributed by atoms with Gasteiger partial charge in [-0.3, -0.25) is 0 Å². The number of ether oxygens (including phenoxy) is 1. The number of hydrogen-bond acceptors (Lipinski definition) is 5. The predicted molar refractivity (Wildman–Crippen MR) is 87.7 cm³/mol. The van der Waals surface area contributed by atoms with Gasteiger partial charge in [0.15, 0.2) is 5.65 Å². The fourth-order valence-electron chi connectivity index (χ4n) is 3.09. The van der Waals surface area contributed by atoms with Gasteiger partial charge in [-0.15, -0.1) is 15.3 Å². The number of halogens is 2. The average Bonchev–Trinajstić information content (AvgIpc) is 3.06. The summed E-state index contributed by atoms with van der Waals surface area (Å²) in [6.07, 6.45) is -2.71. The first-order valence-electron chi connectivity index (χ1n) is 8.07. The lowest BCUT2D eigenvalue weighted by molar-refractivity contribution is 0.0299. The molecule has 2 aromatic heterocycles. The molecular weight excluding hydrogens is 328 g/mol. The van der Waals surface area contributed by atoms with Crippen LogP contribution in [0.1, 0.15) is 30.8 Å². The molecule has 0 amide bonds. The highest BCUT2D eigenvalue weighted by Gasteiger charge is 2.30. The zero-order valence-corrected chi connectivity index (χ0v) is 13.6. The van der Waals surface area contributed by atoms with Gasteiger partial charge in [0.05, 0.1) is 18.8 Å². The Hall–Kier alpha value is -2.61. The molecule has 2 atom stereocenters. The number of morpholine rings is 1. The molecule has 0 aliphatic carbocycles. The third-order valence-corrected chi connectivity index (χ3v) is 4.32. The second kappa shape index (κ2) is 6.36. The third kappa shape index (κ3) is 2.93. The largest absolute Gasteiger partial charge is 0.374 e. The van der Waals surface area contributed by atoms with Crippen LogP contribution in [0, 0.1) is 0 Å². The molecule has 4 rings (SSSR count). The molecule has 0 spiro atoms. The lowest BCUT2D eigenvalue weighted by Gasteiger charge is -2.39. The van der Waals surface area contributed by atoms with Crippen LogP contribution >= 0.6 is 0 Å². The predicted octanol–water partition coefficient (Wildman–Crippen LogP) is 3.03. The van der Waals surface area contributed by atoms with Gasteiger partial charge < -0.3 is 9.64 Å². The van der Waals surface area contributed by atoms with Gasteiger partial charge in [-0.05, 0) is 24.6 Å². The summed E-state index contributed by atoms with van der Waals surface area (Å²) >= 11 is 0. The normalized spacial score (nSPS) is 21.2. The maximum Gasteiger partial charge on any atom is 0.299 e. The first kappa shape index (κ1) is 15.9. The van der Waals surface area contributed by atoms with Gasteiger partial charge >= 0.3 is 0 Å². The standard InChI is InChI=1S/C17H17F2N5O/c1-11-9-23(13(10-25-11)12-5-3-2-4-6-12)15-8-7-14-20-21-17(16(18)19)24(14)22-15/h2-8,11,13,16H,9-10H2,1H3. The molecule has 25 heavy (non-hydrogen) atoms. The Labute approximate surface area is 143 Å². The molecule has 3 heterocycles. The minimum Gasteiger partial charge on any atom is -0.374 e. The Morgan fingerprint density at radius 3 is 2.68 bits per heavy atom. The molecule has 1 aliphatic rings. The highest BCUT2D eigenvalue weighted by Crippen LogP contribution is 2.30. The molecule has 1 aromatic carbocycles. The molecule has 1 fully saturated rings. The Bertz CT molecular complexity index is 870. The molecule has 130 valence electrons. The number of aromatic nitrogens is 4. The molecule has 1 aliphatic heterocycles. The number of fused-ring (bicyclic) bond motifs is 1. The van der Waals surface area contributed by atoms with Crippen molar-refractivity contribution in [3.05, 3.63) is 53.9 Å². The van der Waals surface area contributed by atoms with Crippen molar-refractivity contribution in [2.75, 3.05) is 18.1 Å². The van der Waals surface area contributed by atoms with Crippen molar-refractivity contribution >= 4 is 11.5 Å². The monoisotopic (exact) mass is 345 g/mol. The maximum atomic E-state index is 13.1. The smallest absolute Gasteiger partial charge is 0.299 e. The quantitative estimate of drug-likeness (QED) is 0.730. The van der Waals surface area contributed by atoms with Gasteiger partial charge in [-0.2, -0.15) is 4.52 Å². The van der Waals surface area contributed by atoms with Crippen LogP contribution in [0.4, 0.5) is 14.6 Å². The van der Waals surface area contributed by atoms with E-state index in [4.69, 9.17) is 4.74 Å². The summed E-state index contributed by atoms with van der Waals surface area (Å²) in [6.45, 7) is 3.11. The summed E-state index contributed by atoms with van der Waals surface area (Å²) in [5.41, 5.74) is 1.39. The van der Waals surface area contributed by atoms with Gasteiger partial charge in [0.2, 0.25) is 5.82 Å². The summed E-state index contributed by atoms with van der Waals surface area (Å²) in [4.78, 5) is 2.08. The zero-order valence-electron chi connectivity index (χ0n) is 13.6. The molecular formula is C17H17F2N5O. The van der Waals surface area contributed by atoms with Crippen LogP contribution in [0.5, 0.6) is 0 Å². The van der Waals surface area contributed by atoms with E-state index in [2.05, 4.69) is 20.2 Å². The highest BCUT2D eigenvalue weighted by atomic mass is 19.3. The second-order valence-electron chi connectivity index (χ2n) is 6.04. The zero-order chi connectivity index (χ0) is 17.4. The van der Waals surface area contributed by atoms with Crippen LogP contribution in [-0.2, 0) is 4.74 Å². The third-order valence-electron chi connectivity index (χ3n) is 4.32. The van der Waals surface area contributed by atoms with Crippen LogP contribution in [0.3, 0.4) is 0 Å². The fraction of sp³-hybridized carbons (Fsp3) is 0.353. The average molecular weight is 345 g/mol. The number of anilines is 1. The van der Waals surface area contributed by atoms with E-state index in [0.29, 0.717) is 24.6 Å². The number of rotatable bonds is 3. The summed E-state index contributed by atoms with van der Waals surface area (Å²) in [5, 5.41) is 11.6. The van der Waals surface area contributed by atoms with Crippen molar-refractivity contribution in [1.29, 1.82) is 0 Å². The molecule has 0 bridgehead atoms. The van der Waals surface area contributed by atoms with Crippen LogP contribution in [-0.4, -0.2) is 39.1 Å². The highest BCUT2D eigenvalue weighted by molar-refractivity contribution is 5.48. The van der Waals surface area contributed by atoms with E-state index in [9.17, 15) is 8.78 Å².